The highest BCUT2D eigenvalue weighted by molar-refractivity contribution is 9.10. The van der Waals surface area contributed by atoms with Crippen molar-refractivity contribution in [2.45, 2.75) is 32.2 Å². The van der Waals surface area contributed by atoms with Gasteiger partial charge in [0.1, 0.15) is 5.75 Å². The van der Waals surface area contributed by atoms with Gasteiger partial charge in [0, 0.05) is 24.0 Å². The van der Waals surface area contributed by atoms with Crippen molar-refractivity contribution >= 4 is 44.0 Å². The summed E-state index contributed by atoms with van der Waals surface area (Å²) in [6, 6.07) is 18.5. The summed E-state index contributed by atoms with van der Waals surface area (Å²) >= 11 is 3.60. The highest BCUT2D eigenvalue weighted by Gasteiger charge is 2.20. The molecule has 0 bridgehead atoms. The van der Waals surface area contributed by atoms with E-state index >= 15 is 0 Å². The lowest BCUT2D eigenvalue weighted by molar-refractivity contribution is 0.102. The maximum absolute atomic E-state index is 13.0. The first kappa shape index (κ1) is 19.8. The molecule has 0 aliphatic carbocycles. The van der Waals surface area contributed by atoms with Crippen LogP contribution in [0.2, 0.25) is 0 Å². The molecule has 1 aliphatic rings. The predicted octanol–water partition coefficient (Wildman–Crippen LogP) is 6.24. The van der Waals surface area contributed by atoms with Crippen molar-refractivity contribution in [1.29, 1.82) is 0 Å². The minimum Gasteiger partial charge on any atom is -0.495 e. The quantitative estimate of drug-likeness (QED) is 0.508. The maximum Gasteiger partial charge on any atom is 0.259 e. The summed E-state index contributed by atoms with van der Waals surface area (Å²) in [5.74, 6) is 0.354. The Morgan fingerprint density at radius 2 is 1.90 bits per heavy atom. The third-order valence-corrected chi connectivity index (χ3v) is 6.44. The van der Waals surface area contributed by atoms with Crippen LogP contribution >= 0.6 is 15.9 Å². The average molecular weight is 453 g/mol. The van der Waals surface area contributed by atoms with Crippen LogP contribution in [0.1, 0.15) is 36.5 Å². The number of benzene rings is 3. The number of nitrogens with zero attached hydrogens (tertiary/aromatic N) is 1. The van der Waals surface area contributed by atoms with Crippen molar-refractivity contribution in [3.8, 4) is 5.75 Å². The van der Waals surface area contributed by atoms with Gasteiger partial charge in [0.25, 0.3) is 5.91 Å². The Kier molecular flexibility index (Phi) is 5.76. The highest BCUT2D eigenvalue weighted by Crippen LogP contribution is 2.37. The number of carbonyl (C=O) groups is 1. The second-order valence-electron chi connectivity index (χ2n) is 7.53. The second kappa shape index (κ2) is 8.46. The highest BCUT2D eigenvalue weighted by atomic mass is 79.9. The van der Waals surface area contributed by atoms with Crippen LogP contribution in [-0.4, -0.2) is 25.6 Å². The van der Waals surface area contributed by atoms with Crippen LogP contribution < -0.4 is 15.0 Å². The summed E-state index contributed by atoms with van der Waals surface area (Å²) < 4.78 is 6.33. The first-order valence-electron chi connectivity index (χ1n) is 10.0. The lowest BCUT2D eigenvalue weighted by Gasteiger charge is -2.35. The zero-order chi connectivity index (χ0) is 20.4. The molecule has 3 aromatic carbocycles. The number of nitrogens with one attached hydrogen (secondary N) is 1. The second-order valence-corrected chi connectivity index (χ2v) is 8.32. The summed E-state index contributed by atoms with van der Waals surface area (Å²) in [6.07, 6.45) is 3.77. The molecule has 4 rings (SSSR count). The Hall–Kier alpha value is -2.53. The van der Waals surface area contributed by atoms with Gasteiger partial charge in [-0.1, -0.05) is 24.3 Å². The van der Waals surface area contributed by atoms with Crippen LogP contribution in [0.5, 0.6) is 5.75 Å². The van der Waals surface area contributed by atoms with Gasteiger partial charge in [-0.3, -0.25) is 4.79 Å². The Morgan fingerprint density at radius 1 is 1.14 bits per heavy atom. The van der Waals surface area contributed by atoms with Crippen molar-refractivity contribution in [3.63, 3.8) is 0 Å². The van der Waals surface area contributed by atoms with Crippen molar-refractivity contribution in [1.82, 2.24) is 0 Å². The van der Waals surface area contributed by atoms with Crippen molar-refractivity contribution in [3.05, 3.63) is 64.6 Å². The minimum absolute atomic E-state index is 0.188. The average Bonchev–Trinajstić information content (AvgIpc) is 2.75. The molecule has 5 heteroatoms. The third kappa shape index (κ3) is 3.97. The van der Waals surface area contributed by atoms with Crippen molar-refractivity contribution in [2.75, 3.05) is 23.9 Å². The monoisotopic (exact) mass is 452 g/mol. The van der Waals surface area contributed by atoms with Gasteiger partial charge in [-0.15, -0.1) is 0 Å². The van der Waals surface area contributed by atoms with E-state index in [-0.39, 0.29) is 5.91 Å². The Morgan fingerprint density at radius 3 is 2.62 bits per heavy atom. The number of hydrogen-bond acceptors (Lipinski definition) is 3. The molecule has 1 amide bonds. The van der Waals surface area contributed by atoms with Gasteiger partial charge in [0.05, 0.1) is 17.1 Å². The number of methoxy groups -OCH3 is 1. The van der Waals surface area contributed by atoms with E-state index in [2.05, 4.69) is 45.2 Å². The molecule has 150 valence electrons. The zero-order valence-electron chi connectivity index (χ0n) is 16.7. The third-order valence-electron chi connectivity index (χ3n) is 5.65. The number of carbonyl (C=O) groups excluding carboxylic acids is 1. The van der Waals surface area contributed by atoms with Gasteiger partial charge in [0.15, 0.2) is 0 Å². The first-order valence-corrected chi connectivity index (χ1v) is 10.8. The molecule has 0 saturated carbocycles. The van der Waals surface area contributed by atoms with E-state index in [0.29, 0.717) is 17.4 Å². The number of rotatable bonds is 4. The fourth-order valence-corrected chi connectivity index (χ4v) is 4.81. The van der Waals surface area contributed by atoms with Crippen molar-refractivity contribution in [2.24, 2.45) is 0 Å². The zero-order valence-corrected chi connectivity index (χ0v) is 18.3. The van der Waals surface area contributed by atoms with Crippen LogP contribution in [0.25, 0.3) is 10.8 Å². The molecule has 1 aliphatic heterocycles. The molecule has 1 heterocycles. The van der Waals surface area contributed by atoms with Crippen molar-refractivity contribution < 1.29 is 9.53 Å². The first-order chi connectivity index (χ1) is 14.1. The number of anilines is 2. The Balaban J connectivity index is 1.58. The van der Waals surface area contributed by atoms with Gasteiger partial charge in [-0.25, -0.2) is 0 Å². The van der Waals surface area contributed by atoms with Crippen LogP contribution in [0, 0.1) is 0 Å². The predicted molar refractivity (Wildman–Crippen MR) is 123 cm³/mol. The Labute approximate surface area is 180 Å². The van der Waals surface area contributed by atoms with E-state index in [1.165, 1.54) is 24.9 Å². The maximum atomic E-state index is 13.0. The summed E-state index contributed by atoms with van der Waals surface area (Å²) in [6.45, 7) is 3.37. The summed E-state index contributed by atoms with van der Waals surface area (Å²) in [5.41, 5.74) is 2.49. The van der Waals surface area contributed by atoms with Gasteiger partial charge in [-0.05, 0) is 83.2 Å². The molecule has 4 nitrogen and oxygen atoms in total. The van der Waals surface area contributed by atoms with Gasteiger partial charge in [-0.2, -0.15) is 0 Å². The van der Waals surface area contributed by atoms with Crippen LogP contribution in [-0.2, 0) is 0 Å². The lowest BCUT2D eigenvalue weighted by atomic mass is 10.0. The molecule has 1 saturated heterocycles. The molecule has 1 fully saturated rings. The van der Waals surface area contributed by atoms with E-state index in [0.717, 1.165) is 27.5 Å². The molecular formula is C24H25BrN2O2. The SMILES string of the molecule is COc1c(C(=O)Nc2ccc(N3CCCC[C@H]3C)cc2)cc2ccccc2c1Br. The van der Waals surface area contributed by atoms with E-state index in [9.17, 15) is 4.79 Å². The minimum atomic E-state index is -0.188. The molecule has 1 N–H and O–H groups in total. The van der Waals surface area contributed by atoms with Crippen LogP contribution in [0.4, 0.5) is 11.4 Å². The molecule has 3 aromatic rings. The Bertz CT molecular complexity index is 1030. The smallest absolute Gasteiger partial charge is 0.259 e. The number of fused-ring (bicyclic) bond motifs is 1. The standard InChI is InChI=1S/C24H25BrN2O2/c1-16-7-5-6-14-27(16)19-12-10-18(11-13-19)26-24(28)21-15-17-8-3-4-9-20(17)22(25)23(21)29-2/h3-4,8-13,15-16H,5-7,14H2,1-2H3,(H,26,28)/t16-/m1/s1. The molecular weight excluding hydrogens is 428 g/mol. The molecule has 29 heavy (non-hydrogen) atoms. The van der Waals surface area contributed by atoms with Crippen LogP contribution in [0.15, 0.2) is 59.1 Å². The fraction of sp³-hybridized carbons (Fsp3) is 0.292. The summed E-state index contributed by atoms with van der Waals surface area (Å²) in [5, 5.41) is 5.01. The van der Waals surface area contributed by atoms with E-state index < -0.39 is 0 Å². The number of ether oxygens (including phenoxy) is 1. The topological polar surface area (TPSA) is 41.6 Å². The summed E-state index contributed by atoms with van der Waals surface area (Å²) in [7, 11) is 1.58. The molecule has 0 radical (unpaired) electrons. The van der Waals surface area contributed by atoms with E-state index in [4.69, 9.17) is 4.74 Å². The molecule has 1 atom stereocenters. The fourth-order valence-electron chi connectivity index (χ4n) is 4.07. The molecule has 0 spiro atoms. The summed E-state index contributed by atoms with van der Waals surface area (Å²) in [4.78, 5) is 15.4. The number of hydrogen-bond donors (Lipinski definition) is 1. The number of halogens is 1. The number of piperidine rings is 1. The van der Waals surface area contributed by atoms with Crippen LogP contribution in [0.3, 0.4) is 0 Å². The van der Waals surface area contributed by atoms with E-state index in [1.807, 2.05) is 42.5 Å². The van der Waals surface area contributed by atoms with Gasteiger partial charge < -0.3 is 15.0 Å². The lowest BCUT2D eigenvalue weighted by Crippen LogP contribution is -2.37. The molecule has 0 unspecified atom stereocenters. The van der Waals surface area contributed by atoms with E-state index in [1.54, 1.807) is 7.11 Å². The van der Waals surface area contributed by atoms with Gasteiger partial charge in [0.2, 0.25) is 0 Å². The molecule has 0 aromatic heterocycles. The van der Waals surface area contributed by atoms with Gasteiger partial charge >= 0.3 is 0 Å². The number of amides is 1. The largest absolute Gasteiger partial charge is 0.495 e. The normalized spacial score (nSPS) is 16.7.